The summed E-state index contributed by atoms with van der Waals surface area (Å²) in [4.78, 5) is 1.28. The van der Waals surface area contributed by atoms with Gasteiger partial charge in [-0.05, 0) is 54.8 Å². The first-order valence-corrected chi connectivity index (χ1v) is 8.57. The van der Waals surface area contributed by atoms with Crippen LogP contribution < -0.4 is 9.46 Å². The van der Waals surface area contributed by atoms with Crippen LogP contribution in [0.4, 0.5) is 5.69 Å². The fraction of sp³-hybridized carbons (Fsp3) is 0.143. The molecule has 0 radical (unpaired) electrons. The van der Waals surface area contributed by atoms with Crippen molar-refractivity contribution in [1.29, 1.82) is 0 Å². The van der Waals surface area contributed by atoms with Crippen molar-refractivity contribution in [1.82, 2.24) is 0 Å². The number of benzene rings is 2. The van der Waals surface area contributed by atoms with Crippen LogP contribution in [0.2, 0.25) is 0 Å². The van der Waals surface area contributed by atoms with Gasteiger partial charge in [0, 0.05) is 10.6 Å². The van der Waals surface area contributed by atoms with Crippen LogP contribution >= 0.6 is 11.8 Å². The zero-order chi connectivity index (χ0) is 14.6. The Kier molecular flexibility index (Phi) is 4.57. The molecule has 0 saturated carbocycles. The molecule has 0 aliphatic rings. The summed E-state index contributed by atoms with van der Waals surface area (Å²) in [5.74, 6) is 0.619. The molecule has 1 N–H and O–H groups in total. The molecule has 2 aromatic carbocycles. The number of hydrogen-bond donors (Lipinski definition) is 1. The SMILES string of the molecule is COc1ccc(S(=O)(=O)Nc2ccc(SC)cc2)cc1. The molecule has 0 saturated heterocycles. The third-order valence-corrected chi connectivity index (χ3v) is 4.85. The topological polar surface area (TPSA) is 55.4 Å². The van der Waals surface area contributed by atoms with Crippen LogP contribution in [0.1, 0.15) is 0 Å². The van der Waals surface area contributed by atoms with E-state index in [1.807, 2.05) is 18.4 Å². The highest BCUT2D eigenvalue weighted by atomic mass is 32.2. The van der Waals surface area contributed by atoms with Gasteiger partial charge in [0.25, 0.3) is 10.0 Å². The lowest BCUT2D eigenvalue weighted by Crippen LogP contribution is -2.12. The smallest absolute Gasteiger partial charge is 0.261 e. The van der Waals surface area contributed by atoms with Crippen molar-refractivity contribution in [2.75, 3.05) is 18.1 Å². The Morgan fingerprint density at radius 2 is 1.60 bits per heavy atom. The second-order valence-corrected chi connectivity index (χ2v) is 6.57. The van der Waals surface area contributed by atoms with Gasteiger partial charge in [-0.25, -0.2) is 8.42 Å². The van der Waals surface area contributed by atoms with Gasteiger partial charge in [-0.15, -0.1) is 11.8 Å². The van der Waals surface area contributed by atoms with Crippen LogP contribution in [0.15, 0.2) is 58.3 Å². The molecule has 20 heavy (non-hydrogen) atoms. The van der Waals surface area contributed by atoms with Gasteiger partial charge in [-0.3, -0.25) is 4.72 Å². The summed E-state index contributed by atoms with van der Waals surface area (Å²) in [6, 6.07) is 13.5. The Hall–Kier alpha value is -1.66. The van der Waals surface area contributed by atoms with Crippen molar-refractivity contribution in [2.45, 2.75) is 9.79 Å². The molecule has 2 rings (SSSR count). The van der Waals surface area contributed by atoms with Gasteiger partial charge in [0.1, 0.15) is 5.75 Å². The molecule has 0 aliphatic heterocycles. The highest BCUT2D eigenvalue weighted by Crippen LogP contribution is 2.21. The summed E-state index contributed by atoms with van der Waals surface area (Å²) in [6.45, 7) is 0. The Labute approximate surface area is 123 Å². The van der Waals surface area contributed by atoms with Crippen molar-refractivity contribution in [2.24, 2.45) is 0 Å². The van der Waals surface area contributed by atoms with Crippen molar-refractivity contribution < 1.29 is 13.2 Å². The molecule has 2 aromatic rings. The summed E-state index contributed by atoms with van der Waals surface area (Å²) in [7, 11) is -2.03. The van der Waals surface area contributed by atoms with Crippen LogP contribution in [0, 0.1) is 0 Å². The van der Waals surface area contributed by atoms with Gasteiger partial charge in [0.05, 0.1) is 12.0 Å². The fourth-order valence-corrected chi connectivity index (χ4v) is 3.09. The second kappa shape index (κ2) is 6.19. The van der Waals surface area contributed by atoms with E-state index < -0.39 is 10.0 Å². The highest BCUT2D eigenvalue weighted by Gasteiger charge is 2.13. The lowest BCUT2D eigenvalue weighted by molar-refractivity contribution is 0.414. The molecule has 0 aromatic heterocycles. The molecule has 0 atom stereocenters. The first-order valence-electron chi connectivity index (χ1n) is 5.86. The van der Waals surface area contributed by atoms with E-state index in [1.54, 1.807) is 36.0 Å². The molecule has 0 bridgehead atoms. The number of hydrogen-bond acceptors (Lipinski definition) is 4. The summed E-state index contributed by atoms with van der Waals surface area (Å²) >= 11 is 1.60. The zero-order valence-corrected chi connectivity index (χ0v) is 12.8. The van der Waals surface area contributed by atoms with Crippen LogP contribution in [0.25, 0.3) is 0 Å². The minimum Gasteiger partial charge on any atom is -0.497 e. The third kappa shape index (κ3) is 3.46. The molecular weight excluding hydrogens is 294 g/mol. The molecular formula is C14H15NO3S2. The number of nitrogens with one attached hydrogen (secondary N) is 1. The van der Waals surface area contributed by atoms with Crippen molar-refractivity contribution in [3.8, 4) is 5.75 Å². The van der Waals surface area contributed by atoms with E-state index in [1.165, 1.54) is 19.2 Å². The third-order valence-electron chi connectivity index (χ3n) is 2.71. The monoisotopic (exact) mass is 309 g/mol. The number of rotatable bonds is 5. The number of methoxy groups -OCH3 is 1. The quantitative estimate of drug-likeness (QED) is 0.862. The molecule has 106 valence electrons. The Bertz CT molecular complexity index is 665. The Morgan fingerprint density at radius 3 is 2.10 bits per heavy atom. The van der Waals surface area contributed by atoms with Crippen LogP contribution in [0.5, 0.6) is 5.75 Å². The first kappa shape index (κ1) is 14.7. The van der Waals surface area contributed by atoms with Crippen LogP contribution in [-0.4, -0.2) is 21.8 Å². The van der Waals surface area contributed by atoms with E-state index in [0.717, 1.165) is 4.90 Å². The minimum absolute atomic E-state index is 0.201. The van der Waals surface area contributed by atoms with E-state index >= 15 is 0 Å². The maximum atomic E-state index is 12.2. The molecule has 0 heterocycles. The Morgan fingerprint density at radius 1 is 1.00 bits per heavy atom. The standard InChI is InChI=1S/C14H15NO3S2/c1-18-12-5-9-14(10-6-12)20(16,17)15-11-3-7-13(19-2)8-4-11/h3-10,15H,1-2H3. The lowest BCUT2D eigenvalue weighted by atomic mass is 10.3. The average molecular weight is 309 g/mol. The van der Waals surface area contributed by atoms with Crippen LogP contribution in [0.3, 0.4) is 0 Å². The van der Waals surface area contributed by atoms with Gasteiger partial charge in [-0.2, -0.15) is 0 Å². The van der Waals surface area contributed by atoms with Crippen molar-refractivity contribution in [3.63, 3.8) is 0 Å². The number of thioether (sulfide) groups is 1. The van der Waals surface area contributed by atoms with Gasteiger partial charge in [-0.1, -0.05) is 0 Å². The van der Waals surface area contributed by atoms with E-state index in [0.29, 0.717) is 11.4 Å². The highest BCUT2D eigenvalue weighted by molar-refractivity contribution is 7.98. The molecule has 0 spiro atoms. The summed E-state index contributed by atoms with van der Waals surface area (Å²) < 4.78 is 32.0. The molecule has 0 unspecified atom stereocenters. The summed E-state index contributed by atoms with van der Waals surface area (Å²) in [6.07, 6.45) is 1.97. The van der Waals surface area contributed by atoms with Gasteiger partial charge < -0.3 is 4.74 Å². The molecule has 0 fully saturated rings. The summed E-state index contributed by atoms with van der Waals surface area (Å²) in [5, 5.41) is 0. The molecule has 0 amide bonds. The normalized spacial score (nSPS) is 11.1. The maximum Gasteiger partial charge on any atom is 0.261 e. The van der Waals surface area contributed by atoms with Crippen LogP contribution in [-0.2, 0) is 10.0 Å². The Balaban J connectivity index is 2.20. The summed E-state index contributed by atoms with van der Waals surface area (Å²) in [5.41, 5.74) is 0.540. The van der Waals surface area contributed by atoms with Gasteiger partial charge in [0.15, 0.2) is 0 Å². The number of anilines is 1. The molecule has 0 aliphatic carbocycles. The zero-order valence-electron chi connectivity index (χ0n) is 11.2. The second-order valence-electron chi connectivity index (χ2n) is 4.01. The first-order chi connectivity index (χ1) is 9.55. The molecule has 6 heteroatoms. The predicted octanol–water partition coefficient (Wildman–Crippen LogP) is 3.22. The van der Waals surface area contributed by atoms with Gasteiger partial charge in [0.2, 0.25) is 0 Å². The lowest BCUT2D eigenvalue weighted by Gasteiger charge is -2.09. The minimum atomic E-state index is -3.57. The average Bonchev–Trinajstić information content (AvgIpc) is 2.48. The molecule has 4 nitrogen and oxygen atoms in total. The van der Waals surface area contributed by atoms with E-state index in [9.17, 15) is 8.42 Å². The maximum absolute atomic E-state index is 12.2. The van der Waals surface area contributed by atoms with E-state index in [4.69, 9.17) is 4.74 Å². The van der Waals surface area contributed by atoms with E-state index in [-0.39, 0.29) is 4.90 Å². The number of ether oxygens (including phenoxy) is 1. The van der Waals surface area contributed by atoms with E-state index in [2.05, 4.69) is 4.72 Å². The predicted molar refractivity (Wildman–Crippen MR) is 82.0 cm³/mol. The number of sulfonamides is 1. The van der Waals surface area contributed by atoms with Gasteiger partial charge >= 0.3 is 0 Å². The van der Waals surface area contributed by atoms with Crippen molar-refractivity contribution >= 4 is 27.5 Å². The fourth-order valence-electron chi connectivity index (χ4n) is 1.63. The largest absolute Gasteiger partial charge is 0.497 e. The van der Waals surface area contributed by atoms with Crippen molar-refractivity contribution in [3.05, 3.63) is 48.5 Å².